The summed E-state index contributed by atoms with van der Waals surface area (Å²) < 4.78 is 5.67. The van der Waals surface area contributed by atoms with Crippen molar-refractivity contribution in [2.24, 2.45) is 11.3 Å². The third-order valence-electron chi connectivity index (χ3n) is 2.76. The molecule has 0 heterocycles. The Hall–Kier alpha value is -0.0800. The van der Waals surface area contributed by atoms with Crippen LogP contribution < -0.4 is 0 Å². The van der Waals surface area contributed by atoms with Crippen LogP contribution in [0, 0.1) is 11.3 Å². The molecule has 0 aromatic heterocycles. The highest BCUT2D eigenvalue weighted by Crippen LogP contribution is 2.42. The summed E-state index contributed by atoms with van der Waals surface area (Å²) in [7, 11) is 0. The lowest BCUT2D eigenvalue weighted by atomic mass is 9.66. The summed E-state index contributed by atoms with van der Waals surface area (Å²) in [4.78, 5) is 0. The Kier molecular flexibility index (Phi) is 2.79. The van der Waals surface area contributed by atoms with Crippen molar-refractivity contribution in [2.75, 3.05) is 6.61 Å². The van der Waals surface area contributed by atoms with E-state index in [1.807, 2.05) is 0 Å². The summed E-state index contributed by atoms with van der Waals surface area (Å²) in [6.07, 6.45) is 0.893. The normalized spacial score (nSPS) is 33.5. The maximum atomic E-state index is 9.43. The summed E-state index contributed by atoms with van der Waals surface area (Å²) in [6.45, 7) is 9.21. The molecule has 1 saturated carbocycles. The van der Waals surface area contributed by atoms with Crippen molar-refractivity contribution in [1.29, 1.82) is 0 Å². The Morgan fingerprint density at radius 1 is 1.50 bits per heavy atom. The fourth-order valence-electron chi connectivity index (χ4n) is 1.46. The van der Waals surface area contributed by atoms with Gasteiger partial charge in [0, 0.05) is 18.4 Å². The Balaban J connectivity index is 2.28. The van der Waals surface area contributed by atoms with Crippen LogP contribution in [-0.2, 0) is 4.74 Å². The summed E-state index contributed by atoms with van der Waals surface area (Å²) in [5, 5.41) is 9.43. The van der Waals surface area contributed by atoms with Gasteiger partial charge in [0.25, 0.3) is 0 Å². The molecule has 0 bridgehead atoms. The molecule has 0 aliphatic heterocycles. The average Bonchev–Trinajstić information content (AvgIpc) is 1.97. The highest BCUT2D eigenvalue weighted by molar-refractivity contribution is 4.98. The topological polar surface area (TPSA) is 29.5 Å². The molecule has 2 atom stereocenters. The molecule has 1 aliphatic rings. The van der Waals surface area contributed by atoms with Crippen LogP contribution in [0.4, 0.5) is 0 Å². The molecule has 0 spiro atoms. The maximum absolute atomic E-state index is 9.43. The number of rotatable bonds is 3. The van der Waals surface area contributed by atoms with Crippen molar-refractivity contribution in [3.05, 3.63) is 0 Å². The molecule has 2 nitrogen and oxygen atoms in total. The molecule has 2 heteroatoms. The molecule has 72 valence electrons. The Bertz CT molecular complexity index is 152. The van der Waals surface area contributed by atoms with Crippen LogP contribution in [0.3, 0.4) is 0 Å². The van der Waals surface area contributed by atoms with Gasteiger partial charge in [0.05, 0.1) is 12.2 Å². The fraction of sp³-hybridized carbons (Fsp3) is 1.00. The monoisotopic (exact) mass is 172 g/mol. The van der Waals surface area contributed by atoms with Crippen LogP contribution >= 0.6 is 0 Å². The first kappa shape index (κ1) is 10.0. The van der Waals surface area contributed by atoms with E-state index in [2.05, 4.69) is 27.7 Å². The second kappa shape index (κ2) is 3.35. The van der Waals surface area contributed by atoms with Gasteiger partial charge in [-0.05, 0) is 5.92 Å². The number of aliphatic hydroxyl groups excluding tert-OH is 1. The predicted octanol–water partition coefficient (Wildman–Crippen LogP) is 1.82. The SMILES string of the molecule is CC(C)CO[C@@H]1C[C@H](O)C1(C)C. The standard InChI is InChI=1S/C10H20O2/c1-7(2)6-12-9-5-8(11)10(9,3)4/h7-9,11H,5-6H2,1-4H3/t8-,9+/m0/s1. The van der Waals surface area contributed by atoms with Gasteiger partial charge in [0.15, 0.2) is 0 Å². The van der Waals surface area contributed by atoms with Gasteiger partial charge in [-0.25, -0.2) is 0 Å². The summed E-state index contributed by atoms with van der Waals surface area (Å²) >= 11 is 0. The molecule has 0 aromatic rings. The van der Waals surface area contributed by atoms with E-state index in [4.69, 9.17) is 4.74 Å². The van der Waals surface area contributed by atoms with E-state index in [1.54, 1.807) is 0 Å². The maximum Gasteiger partial charge on any atom is 0.0675 e. The van der Waals surface area contributed by atoms with Crippen LogP contribution in [-0.4, -0.2) is 23.9 Å². The van der Waals surface area contributed by atoms with E-state index in [1.165, 1.54) is 0 Å². The van der Waals surface area contributed by atoms with Crippen LogP contribution in [0.15, 0.2) is 0 Å². The van der Waals surface area contributed by atoms with Gasteiger partial charge in [-0.15, -0.1) is 0 Å². The number of ether oxygens (including phenoxy) is 1. The van der Waals surface area contributed by atoms with E-state index >= 15 is 0 Å². The first-order chi connectivity index (χ1) is 5.44. The average molecular weight is 172 g/mol. The van der Waals surface area contributed by atoms with Crippen LogP contribution in [0.25, 0.3) is 0 Å². The highest BCUT2D eigenvalue weighted by atomic mass is 16.5. The zero-order chi connectivity index (χ0) is 9.35. The van der Waals surface area contributed by atoms with E-state index in [0.29, 0.717) is 5.92 Å². The van der Waals surface area contributed by atoms with Crippen molar-refractivity contribution >= 4 is 0 Å². The minimum atomic E-state index is -0.172. The van der Waals surface area contributed by atoms with Crippen molar-refractivity contribution in [1.82, 2.24) is 0 Å². The lowest BCUT2D eigenvalue weighted by molar-refractivity contribution is -0.178. The minimum Gasteiger partial charge on any atom is -0.392 e. The molecule has 0 unspecified atom stereocenters. The molecule has 1 N–H and O–H groups in total. The molecule has 1 rings (SSSR count). The van der Waals surface area contributed by atoms with Gasteiger partial charge in [0.1, 0.15) is 0 Å². The highest BCUT2D eigenvalue weighted by Gasteiger charge is 2.48. The Morgan fingerprint density at radius 3 is 2.42 bits per heavy atom. The number of hydrogen-bond donors (Lipinski definition) is 1. The molecular weight excluding hydrogens is 152 g/mol. The smallest absolute Gasteiger partial charge is 0.0675 e. The van der Waals surface area contributed by atoms with Crippen molar-refractivity contribution < 1.29 is 9.84 Å². The van der Waals surface area contributed by atoms with E-state index in [9.17, 15) is 5.11 Å². The molecule has 12 heavy (non-hydrogen) atoms. The second-order valence-electron chi connectivity index (χ2n) is 4.79. The Labute approximate surface area is 74.9 Å². The molecule has 0 aromatic carbocycles. The zero-order valence-electron chi connectivity index (χ0n) is 8.50. The summed E-state index contributed by atoms with van der Waals surface area (Å²) in [5.74, 6) is 0.582. The van der Waals surface area contributed by atoms with Gasteiger partial charge in [-0.1, -0.05) is 27.7 Å². The summed E-state index contributed by atoms with van der Waals surface area (Å²) in [5.41, 5.74) is -0.0328. The van der Waals surface area contributed by atoms with Crippen LogP contribution in [0.2, 0.25) is 0 Å². The summed E-state index contributed by atoms with van der Waals surface area (Å²) in [6, 6.07) is 0. The van der Waals surface area contributed by atoms with Gasteiger partial charge in [-0.2, -0.15) is 0 Å². The molecule has 0 radical (unpaired) electrons. The number of hydrogen-bond acceptors (Lipinski definition) is 2. The molecule has 1 fully saturated rings. The lowest BCUT2D eigenvalue weighted by Crippen LogP contribution is -2.54. The van der Waals surface area contributed by atoms with Crippen LogP contribution in [0.1, 0.15) is 34.1 Å². The van der Waals surface area contributed by atoms with Gasteiger partial charge in [0.2, 0.25) is 0 Å². The number of aliphatic hydroxyl groups is 1. The third-order valence-corrected chi connectivity index (χ3v) is 2.76. The van der Waals surface area contributed by atoms with Gasteiger partial charge >= 0.3 is 0 Å². The quantitative estimate of drug-likeness (QED) is 0.703. The molecule has 0 amide bonds. The minimum absolute atomic E-state index is 0.0328. The molecule has 0 saturated heterocycles. The van der Waals surface area contributed by atoms with Gasteiger partial charge in [-0.3, -0.25) is 0 Å². The van der Waals surface area contributed by atoms with Crippen molar-refractivity contribution in [2.45, 2.75) is 46.3 Å². The lowest BCUT2D eigenvalue weighted by Gasteiger charge is -2.48. The Morgan fingerprint density at radius 2 is 2.08 bits per heavy atom. The van der Waals surface area contributed by atoms with Crippen molar-refractivity contribution in [3.8, 4) is 0 Å². The van der Waals surface area contributed by atoms with Crippen molar-refractivity contribution in [3.63, 3.8) is 0 Å². The third kappa shape index (κ3) is 1.80. The van der Waals surface area contributed by atoms with E-state index in [0.717, 1.165) is 13.0 Å². The van der Waals surface area contributed by atoms with Crippen LogP contribution in [0.5, 0.6) is 0 Å². The predicted molar refractivity (Wildman–Crippen MR) is 49.0 cm³/mol. The second-order valence-corrected chi connectivity index (χ2v) is 4.79. The largest absolute Gasteiger partial charge is 0.392 e. The van der Waals surface area contributed by atoms with Gasteiger partial charge < -0.3 is 9.84 Å². The zero-order valence-corrected chi connectivity index (χ0v) is 8.50. The first-order valence-corrected chi connectivity index (χ1v) is 4.74. The first-order valence-electron chi connectivity index (χ1n) is 4.74. The molecule has 1 aliphatic carbocycles. The molecular formula is C10H20O2. The van der Waals surface area contributed by atoms with E-state index in [-0.39, 0.29) is 17.6 Å². The van der Waals surface area contributed by atoms with E-state index < -0.39 is 0 Å². The fourth-order valence-corrected chi connectivity index (χ4v) is 1.46.